The molecule has 0 bridgehead atoms. The minimum Gasteiger partial charge on any atom is -0.348 e. The largest absolute Gasteiger partial charge is 0.348 e. The Bertz CT molecular complexity index is 845. The van der Waals surface area contributed by atoms with Gasteiger partial charge in [-0.25, -0.2) is 23.7 Å². The van der Waals surface area contributed by atoms with Gasteiger partial charge in [0.25, 0.3) is 0 Å². The topological polar surface area (TPSA) is 86.8 Å². The number of nitrogens with one attached hydrogen (secondary N) is 2. The number of amides is 1. The summed E-state index contributed by atoms with van der Waals surface area (Å²) in [4.78, 5) is 28.6. The number of carbonyl (C=O) groups excluding carboxylic acids is 1. The molecule has 1 aromatic carbocycles. The number of hydrogen-bond donors (Lipinski definition) is 2. The molecule has 9 heteroatoms. The van der Waals surface area contributed by atoms with Crippen LogP contribution in [0.25, 0.3) is 11.2 Å². The van der Waals surface area contributed by atoms with Gasteiger partial charge in [-0.2, -0.15) is 0 Å². The van der Waals surface area contributed by atoms with Crippen molar-refractivity contribution < 1.29 is 13.6 Å². The van der Waals surface area contributed by atoms with Gasteiger partial charge in [-0.15, -0.1) is 0 Å². The monoisotopic (exact) mass is 318 g/mol. The average Bonchev–Trinajstić information content (AvgIpc) is 2.93. The van der Waals surface area contributed by atoms with Gasteiger partial charge in [0.1, 0.15) is 23.5 Å². The molecule has 0 saturated heterocycles. The number of likely N-dealkylation sites (N-methyl/N-ethyl adjacent to an activating group) is 1. The molecule has 3 rings (SSSR count). The highest BCUT2D eigenvalue weighted by Crippen LogP contribution is 2.18. The van der Waals surface area contributed by atoms with Gasteiger partial charge in [-0.05, 0) is 12.1 Å². The SMILES string of the molecule is CN(CC(=O)Nc1cc(F)cc(F)c1)c1ncnc2nc[nH]c12. The number of imidazole rings is 1. The Morgan fingerprint density at radius 2 is 1.96 bits per heavy atom. The number of nitrogens with zero attached hydrogens (tertiary/aromatic N) is 4. The number of anilines is 2. The highest BCUT2D eigenvalue weighted by molar-refractivity contribution is 5.95. The number of benzene rings is 1. The summed E-state index contributed by atoms with van der Waals surface area (Å²) in [6.07, 6.45) is 2.82. The van der Waals surface area contributed by atoms with Crippen LogP contribution in [0, 0.1) is 11.6 Å². The van der Waals surface area contributed by atoms with E-state index < -0.39 is 17.5 Å². The van der Waals surface area contributed by atoms with Crippen molar-refractivity contribution in [3.05, 3.63) is 42.5 Å². The van der Waals surface area contributed by atoms with E-state index in [0.717, 1.165) is 18.2 Å². The quantitative estimate of drug-likeness (QED) is 0.765. The van der Waals surface area contributed by atoms with Crippen LogP contribution in [0.3, 0.4) is 0 Å². The van der Waals surface area contributed by atoms with Crippen LogP contribution in [0.4, 0.5) is 20.3 Å². The van der Waals surface area contributed by atoms with Crippen LogP contribution in [0.2, 0.25) is 0 Å². The molecule has 0 radical (unpaired) electrons. The van der Waals surface area contributed by atoms with Crippen molar-refractivity contribution in [2.45, 2.75) is 0 Å². The summed E-state index contributed by atoms with van der Waals surface area (Å²) < 4.78 is 26.2. The van der Waals surface area contributed by atoms with Gasteiger partial charge in [-0.1, -0.05) is 0 Å². The van der Waals surface area contributed by atoms with E-state index in [2.05, 4.69) is 25.3 Å². The number of rotatable bonds is 4. The molecule has 0 aliphatic carbocycles. The van der Waals surface area contributed by atoms with Crippen molar-refractivity contribution in [2.75, 3.05) is 23.8 Å². The smallest absolute Gasteiger partial charge is 0.243 e. The zero-order valence-corrected chi connectivity index (χ0v) is 12.0. The summed E-state index contributed by atoms with van der Waals surface area (Å²) in [7, 11) is 1.66. The Hall–Kier alpha value is -3.10. The van der Waals surface area contributed by atoms with Gasteiger partial charge in [0.05, 0.1) is 12.9 Å². The van der Waals surface area contributed by atoms with Crippen LogP contribution >= 0.6 is 0 Å². The van der Waals surface area contributed by atoms with E-state index in [0.29, 0.717) is 17.0 Å². The number of fused-ring (bicyclic) bond motifs is 1. The summed E-state index contributed by atoms with van der Waals surface area (Å²) in [5, 5.41) is 2.44. The Morgan fingerprint density at radius 1 is 1.22 bits per heavy atom. The normalized spacial score (nSPS) is 10.7. The Kier molecular flexibility index (Phi) is 3.83. The number of aromatic nitrogens is 4. The number of H-pyrrole nitrogens is 1. The van der Waals surface area contributed by atoms with Crippen LogP contribution in [0.5, 0.6) is 0 Å². The third-order valence-electron chi connectivity index (χ3n) is 3.09. The average molecular weight is 318 g/mol. The summed E-state index contributed by atoms with van der Waals surface area (Å²) in [6, 6.07) is 2.81. The second-order valence-electron chi connectivity index (χ2n) is 4.86. The highest BCUT2D eigenvalue weighted by Gasteiger charge is 2.14. The van der Waals surface area contributed by atoms with Gasteiger partial charge < -0.3 is 15.2 Å². The van der Waals surface area contributed by atoms with Crippen LogP contribution in [-0.2, 0) is 4.79 Å². The molecule has 3 aromatic rings. The summed E-state index contributed by atoms with van der Waals surface area (Å²) in [5.41, 5.74) is 1.13. The molecule has 2 N–H and O–H groups in total. The van der Waals surface area contributed by atoms with Crippen LogP contribution in [-0.4, -0.2) is 39.4 Å². The second kappa shape index (κ2) is 5.95. The van der Waals surface area contributed by atoms with Gasteiger partial charge in [0.15, 0.2) is 11.5 Å². The van der Waals surface area contributed by atoms with Crippen molar-refractivity contribution in [3.63, 3.8) is 0 Å². The van der Waals surface area contributed by atoms with Crippen molar-refractivity contribution in [1.82, 2.24) is 19.9 Å². The van der Waals surface area contributed by atoms with E-state index in [1.807, 2.05) is 0 Å². The van der Waals surface area contributed by atoms with Gasteiger partial charge in [-0.3, -0.25) is 4.79 Å². The van der Waals surface area contributed by atoms with Crippen molar-refractivity contribution in [2.24, 2.45) is 0 Å². The Morgan fingerprint density at radius 3 is 2.70 bits per heavy atom. The lowest BCUT2D eigenvalue weighted by molar-refractivity contribution is -0.114. The number of hydrogen-bond acceptors (Lipinski definition) is 5. The predicted octanol–water partition coefficient (Wildman–Crippen LogP) is 1.71. The molecule has 1 amide bonds. The fourth-order valence-electron chi connectivity index (χ4n) is 2.16. The Balaban J connectivity index is 1.73. The highest BCUT2D eigenvalue weighted by atomic mass is 19.1. The molecular weight excluding hydrogens is 306 g/mol. The van der Waals surface area contributed by atoms with Crippen molar-refractivity contribution >= 4 is 28.6 Å². The molecule has 7 nitrogen and oxygen atoms in total. The maximum Gasteiger partial charge on any atom is 0.243 e. The van der Waals surface area contributed by atoms with E-state index in [1.54, 1.807) is 11.9 Å². The third kappa shape index (κ3) is 3.23. The van der Waals surface area contributed by atoms with Crippen molar-refractivity contribution in [3.8, 4) is 0 Å². The third-order valence-corrected chi connectivity index (χ3v) is 3.09. The molecule has 0 aliphatic heterocycles. The molecular formula is C14H12F2N6O. The fraction of sp³-hybridized carbons (Fsp3) is 0.143. The first kappa shape index (κ1) is 14.8. The first-order valence-corrected chi connectivity index (χ1v) is 6.64. The van der Waals surface area contributed by atoms with Crippen LogP contribution in [0.1, 0.15) is 0 Å². The molecule has 23 heavy (non-hydrogen) atoms. The molecule has 0 fully saturated rings. The minimum atomic E-state index is -0.761. The summed E-state index contributed by atoms with van der Waals surface area (Å²) in [6.45, 7) is -0.0662. The molecule has 0 saturated carbocycles. The standard InChI is InChI=1S/C14H12F2N6O/c1-22(14-12-13(18-6-17-12)19-7-20-14)5-11(23)21-10-3-8(15)2-9(16)4-10/h2-4,6-7H,5H2,1H3,(H,21,23)(H,17,18,19,20). The minimum absolute atomic E-state index is 0.0512. The molecule has 0 aliphatic rings. The zero-order valence-electron chi connectivity index (χ0n) is 12.0. The van der Waals surface area contributed by atoms with E-state index >= 15 is 0 Å². The summed E-state index contributed by atoms with van der Waals surface area (Å²) in [5.74, 6) is -1.47. The number of halogens is 2. The lowest BCUT2D eigenvalue weighted by Gasteiger charge is -2.17. The predicted molar refractivity (Wildman–Crippen MR) is 79.9 cm³/mol. The van der Waals surface area contributed by atoms with Gasteiger partial charge in [0.2, 0.25) is 5.91 Å². The lowest BCUT2D eigenvalue weighted by Crippen LogP contribution is -2.30. The molecule has 2 heterocycles. The second-order valence-corrected chi connectivity index (χ2v) is 4.86. The first-order valence-electron chi connectivity index (χ1n) is 6.64. The molecule has 118 valence electrons. The van der Waals surface area contributed by atoms with E-state index in [9.17, 15) is 13.6 Å². The van der Waals surface area contributed by atoms with Crippen molar-refractivity contribution in [1.29, 1.82) is 0 Å². The van der Waals surface area contributed by atoms with Crippen LogP contribution in [0.15, 0.2) is 30.9 Å². The lowest BCUT2D eigenvalue weighted by atomic mass is 10.3. The van der Waals surface area contributed by atoms with E-state index in [4.69, 9.17) is 0 Å². The summed E-state index contributed by atoms with van der Waals surface area (Å²) >= 11 is 0. The molecule has 0 unspecified atom stereocenters. The number of aromatic amines is 1. The maximum atomic E-state index is 13.1. The molecule has 2 aromatic heterocycles. The Labute approximate surface area is 129 Å². The van der Waals surface area contributed by atoms with Crippen LogP contribution < -0.4 is 10.2 Å². The first-order chi connectivity index (χ1) is 11.0. The van der Waals surface area contributed by atoms with Gasteiger partial charge >= 0.3 is 0 Å². The fourth-order valence-corrected chi connectivity index (χ4v) is 2.16. The molecule has 0 atom stereocenters. The zero-order chi connectivity index (χ0) is 16.4. The number of carbonyl (C=O) groups is 1. The van der Waals surface area contributed by atoms with E-state index in [-0.39, 0.29) is 12.2 Å². The van der Waals surface area contributed by atoms with Gasteiger partial charge in [0, 0.05) is 18.8 Å². The molecule has 0 spiro atoms. The maximum absolute atomic E-state index is 13.1. The van der Waals surface area contributed by atoms with E-state index in [1.165, 1.54) is 12.7 Å².